The van der Waals surface area contributed by atoms with Crippen LogP contribution in [0.1, 0.15) is 30.9 Å². The van der Waals surface area contributed by atoms with Crippen molar-refractivity contribution < 1.29 is 4.79 Å². The average Bonchev–Trinajstić information content (AvgIpc) is 2.81. The largest absolute Gasteiger partial charge is 0.331 e. The van der Waals surface area contributed by atoms with Crippen LogP contribution in [0.5, 0.6) is 0 Å². The van der Waals surface area contributed by atoms with Gasteiger partial charge in [0.15, 0.2) is 0 Å². The molecule has 1 fully saturated rings. The molecule has 1 aliphatic heterocycles. The smallest absolute Gasteiger partial charge is 0.325 e. The Balaban J connectivity index is 1.39. The van der Waals surface area contributed by atoms with Gasteiger partial charge in [-0.2, -0.15) is 0 Å². The lowest BCUT2D eigenvalue weighted by Crippen LogP contribution is -2.41. The molecule has 0 radical (unpaired) electrons. The maximum atomic E-state index is 12.8. The molecule has 0 bridgehead atoms. The highest BCUT2D eigenvalue weighted by Crippen LogP contribution is 2.18. The lowest BCUT2D eigenvalue weighted by Gasteiger charge is -2.30. The molecule has 0 saturated carbocycles. The molecule has 7 heteroatoms. The van der Waals surface area contributed by atoms with Crippen molar-refractivity contribution in [2.24, 2.45) is 5.92 Å². The third-order valence-corrected chi connectivity index (χ3v) is 6.02. The number of carbonyl (C=O) groups is 1. The number of nitrogens with zero attached hydrogens (tertiary/aromatic N) is 3. The Hall–Kier alpha value is -3.45. The van der Waals surface area contributed by atoms with Gasteiger partial charge < -0.3 is 5.32 Å². The van der Waals surface area contributed by atoms with Gasteiger partial charge >= 0.3 is 5.69 Å². The van der Waals surface area contributed by atoms with Crippen LogP contribution in [0.3, 0.4) is 0 Å². The number of anilines is 1. The third kappa shape index (κ3) is 6.08. The minimum atomic E-state index is -0.507. The topological polar surface area (TPSA) is 76.3 Å². The number of rotatable bonds is 7. The molecule has 1 amide bonds. The molecule has 4 rings (SSSR count). The first-order chi connectivity index (χ1) is 16.0. The van der Waals surface area contributed by atoms with Crippen LogP contribution in [0, 0.1) is 5.92 Å². The summed E-state index contributed by atoms with van der Waals surface area (Å²) in [4.78, 5) is 40.1. The van der Waals surface area contributed by atoms with E-state index in [2.05, 4.69) is 17.1 Å². The molecular formula is C26H30N4O3. The van der Waals surface area contributed by atoms with E-state index in [1.807, 2.05) is 54.6 Å². The van der Waals surface area contributed by atoms with Gasteiger partial charge in [0, 0.05) is 31.0 Å². The van der Waals surface area contributed by atoms with Crippen LogP contribution in [0.15, 0.2) is 76.4 Å². The summed E-state index contributed by atoms with van der Waals surface area (Å²) in [6.07, 6.45) is 4.00. The Kier molecular flexibility index (Phi) is 7.19. The van der Waals surface area contributed by atoms with Gasteiger partial charge in [0.1, 0.15) is 6.54 Å². The monoisotopic (exact) mass is 446 g/mol. The molecule has 2 aromatic carbocycles. The summed E-state index contributed by atoms with van der Waals surface area (Å²) in [5, 5.41) is 2.79. The molecule has 0 spiro atoms. The van der Waals surface area contributed by atoms with Gasteiger partial charge in [0.25, 0.3) is 5.56 Å². The minimum absolute atomic E-state index is 0.332. The van der Waals surface area contributed by atoms with E-state index in [4.69, 9.17) is 0 Å². The van der Waals surface area contributed by atoms with Crippen LogP contribution in [0.25, 0.3) is 0 Å². The Morgan fingerprint density at radius 2 is 1.70 bits per heavy atom. The maximum absolute atomic E-state index is 12.8. The highest BCUT2D eigenvalue weighted by atomic mass is 16.2. The molecule has 1 aliphatic rings. The van der Waals surface area contributed by atoms with Crippen molar-refractivity contribution in [3.8, 4) is 0 Å². The van der Waals surface area contributed by atoms with E-state index in [-0.39, 0.29) is 6.54 Å². The number of aromatic nitrogens is 2. The van der Waals surface area contributed by atoms with Gasteiger partial charge in [-0.05, 0) is 48.6 Å². The first-order valence-corrected chi connectivity index (χ1v) is 11.4. The fourth-order valence-corrected chi connectivity index (χ4v) is 4.33. The Bertz CT molecular complexity index is 1200. The summed E-state index contributed by atoms with van der Waals surface area (Å²) in [5.41, 5.74) is 1.78. The zero-order valence-corrected chi connectivity index (χ0v) is 18.9. The predicted octanol–water partition coefficient (Wildman–Crippen LogP) is 2.93. The van der Waals surface area contributed by atoms with Crippen LogP contribution in [0.4, 0.5) is 5.69 Å². The summed E-state index contributed by atoms with van der Waals surface area (Å²) in [6, 6.07) is 18.6. The zero-order valence-electron chi connectivity index (χ0n) is 18.9. The van der Waals surface area contributed by atoms with E-state index >= 15 is 0 Å². The van der Waals surface area contributed by atoms with Gasteiger partial charge in [-0.1, -0.05) is 49.4 Å². The van der Waals surface area contributed by atoms with Gasteiger partial charge in [-0.25, -0.2) is 4.79 Å². The van der Waals surface area contributed by atoms with Gasteiger partial charge in [0.2, 0.25) is 5.91 Å². The predicted molar refractivity (Wildman–Crippen MR) is 129 cm³/mol. The average molecular weight is 447 g/mol. The molecule has 1 unspecified atom stereocenters. The number of carbonyl (C=O) groups excluding carboxylic acids is 1. The molecule has 2 heterocycles. The molecule has 3 aromatic rings. The summed E-state index contributed by atoms with van der Waals surface area (Å²) in [6.45, 7) is 5.43. The van der Waals surface area contributed by atoms with Crippen molar-refractivity contribution in [1.29, 1.82) is 0 Å². The highest BCUT2D eigenvalue weighted by molar-refractivity contribution is 5.90. The molecule has 1 N–H and O–H groups in total. The van der Waals surface area contributed by atoms with Crippen molar-refractivity contribution in [2.45, 2.75) is 39.4 Å². The standard InChI is InChI=1S/C26H30N4O3/c1-20-6-5-14-28(16-20)17-22-9-11-23(12-10-22)27-24(31)19-30-25(32)13-15-29(26(30)33)18-21-7-3-2-4-8-21/h2-4,7-13,15,20H,5-6,14,16-19H2,1H3,(H,27,31). The number of nitrogens with one attached hydrogen (secondary N) is 1. The van der Waals surface area contributed by atoms with Crippen molar-refractivity contribution in [3.05, 3.63) is 98.8 Å². The van der Waals surface area contributed by atoms with Crippen molar-refractivity contribution >= 4 is 11.6 Å². The van der Waals surface area contributed by atoms with Gasteiger partial charge in [-0.3, -0.25) is 23.6 Å². The Labute approximate surface area is 193 Å². The van der Waals surface area contributed by atoms with E-state index in [1.54, 1.807) is 0 Å². The number of piperidine rings is 1. The summed E-state index contributed by atoms with van der Waals surface area (Å²) in [7, 11) is 0. The van der Waals surface area contributed by atoms with Crippen LogP contribution in [-0.4, -0.2) is 33.0 Å². The molecule has 172 valence electrons. The molecule has 0 aliphatic carbocycles. The number of hydrogen-bond donors (Lipinski definition) is 1. The van der Waals surface area contributed by atoms with E-state index in [0.29, 0.717) is 12.2 Å². The molecule has 1 atom stereocenters. The zero-order chi connectivity index (χ0) is 23.2. The first kappa shape index (κ1) is 22.7. The van der Waals surface area contributed by atoms with Gasteiger partial charge in [-0.15, -0.1) is 0 Å². The second kappa shape index (κ2) is 10.4. The van der Waals surface area contributed by atoms with E-state index in [1.165, 1.54) is 35.2 Å². The number of amides is 1. The normalized spacial score (nSPS) is 16.5. The van der Waals surface area contributed by atoms with Crippen molar-refractivity contribution in [2.75, 3.05) is 18.4 Å². The van der Waals surface area contributed by atoms with Gasteiger partial charge in [0.05, 0.1) is 6.54 Å². The molecule has 1 saturated heterocycles. The van der Waals surface area contributed by atoms with Crippen LogP contribution >= 0.6 is 0 Å². The van der Waals surface area contributed by atoms with Crippen LogP contribution in [0.2, 0.25) is 0 Å². The second-order valence-corrected chi connectivity index (χ2v) is 8.86. The fourth-order valence-electron chi connectivity index (χ4n) is 4.33. The van der Waals surface area contributed by atoms with E-state index in [0.717, 1.165) is 35.7 Å². The van der Waals surface area contributed by atoms with E-state index in [9.17, 15) is 14.4 Å². The first-order valence-electron chi connectivity index (χ1n) is 11.4. The number of hydrogen-bond acceptors (Lipinski definition) is 4. The minimum Gasteiger partial charge on any atom is -0.325 e. The third-order valence-electron chi connectivity index (χ3n) is 6.02. The van der Waals surface area contributed by atoms with Crippen LogP contribution < -0.4 is 16.6 Å². The van der Waals surface area contributed by atoms with Crippen molar-refractivity contribution in [1.82, 2.24) is 14.0 Å². The van der Waals surface area contributed by atoms with Crippen LogP contribution in [-0.2, 0) is 24.4 Å². The molecule has 7 nitrogen and oxygen atoms in total. The van der Waals surface area contributed by atoms with E-state index < -0.39 is 17.2 Å². The lowest BCUT2D eigenvalue weighted by molar-refractivity contribution is -0.116. The number of likely N-dealkylation sites (tertiary alicyclic amines) is 1. The Morgan fingerprint density at radius 3 is 2.42 bits per heavy atom. The lowest BCUT2D eigenvalue weighted by atomic mass is 10.00. The summed E-state index contributed by atoms with van der Waals surface area (Å²) >= 11 is 0. The summed E-state index contributed by atoms with van der Waals surface area (Å²) < 4.78 is 2.39. The number of benzene rings is 2. The van der Waals surface area contributed by atoms with Crippen molar-refractivity contribution in [3.63, 3.8) is 0 Å². The SMILES string of the molecule is CC1CCCN(Cc2ccc(NC(=O)Cn3c(=O)ccn(Cc4ccccc4)c3=O)cc2)C1. The maximum Gasteiger partial charge on any atom is 0.331 e. The molecule has 33 heavy (non-hydrogen) atoms. The quantitative estimate of drug-likeness (QED) is 0.606. The highest BCUT2D eigenvalue weighted by Gasteiger charge is 2.16. The Morgan fingerprint density at radius 1 is 0.970 bits per heavy atom. The summed E-state index contributed by atoms with van der Waals surface area (Å²) in [5.74, 6) is 0.320. The molecule has 1 aromatic heterocycles. The molecular weight excluding hydrogens is 416 g/mol. The second-order valence-electron chi connectivity index (χ2n) is 8.86. The fraction of sp³-hybridized carbons (Fsp3) is 0.346.